The number of hydrogen-bond donors (Lipinski definition) is 1. The monoisotopic (exact) mass is 335 g/mol. The van der Waals surface area contributed by atoms with Crippen molar-refractivity contribution in [3.63, 3.8) is 0 Å². The predicted molar refractivity (Wildman–Crippen MR) is 84.8 cm³/mol. The minimum absolute atomic E-state index is 0.0478. The molecule has 1 heterocycles. The summed E-state index contributed by atoms with van der Waals surface area (Å²) < 4.78 is 23.5. The van der Waals surface area contributed by atoms with Gasteiger partial charge in [0.2, 0.25) is 5.95 Å². The number of carbonyl (C=O) groups excluding carboxylic acids is 1. The first kappa shape index (κ1) is 17.4. The molecule has 1 N–H and O–H groups in total. The Morgan fingerprint density at radius 2 is 1.96 bits per heavy atom. The first-order valence-electron chi connectivity index (χ1n) is 7.02. The maximum Gasteiger partial charge on any atom is 0.321 e. The Morgan fingerprint density at radius 1 is 1.21 bits per heavy atom. The fourth-order valence-electron chi connectivity index (χ4n) is 1.83. The summed E-state index contributed by atoms with van der Waals surface area (Å²) >= 11 is 0. The number of rotatable bonds is 6. The van der Waals surface area contributed by atoms with Crippen LogP contribution in [0, 0.1) is 5.82 Å². The summed E-state index contributed by atoms with van der Waals surface area (Å²) in [5, 5.41) is 2.62. The van der Waals surface area contributed by atoms with E-state index in [2.05, 4.69) is 20.3 Å². The van der Waals surface area contributed by atoms with Crippen molar-refractivity contribution in [2.45, 2.75) is 6.54 Å². The predicted octanol–water partition coefficient (Wildman–Crippen LogP) is 1.02. The first-order valence-corrected chi connectivity index (χ1v) is 7.02. The number of aromatic nitrogens is 3. The highest BCUT2D eigenvalue weighted by Crippen LogP contribution is 2.17. The number of nitrogens with one attached hydrogen (secondary N) is 1. The van der Waals surface area contributed by atoms with E-state index < -0.39 is 11.7 Å². The van der Waals surface area contributed by atoms with Crippen molar-refractivity contribution in [3.05, 3.63) is 35.4 Å². The zero-order valence-electron chi connectivity index (χ0n) is 13.8. The van der Waals surface area contributed by atoms with Crippen LogP contribution in [0.2, 0.25) is 0 Å². The molecule has 2 aromatic rings. The Hall–Kier alpha value is -2.97. The van der Waals surface area contributed by atoms with Crippen LogP contribution in [-0.4, -0.2) is 49.2 Å². The van der Waals surface area contributed by atoms with Gasteiger partial charge in [-0.25, -0.2) is 4.39 Å². The van der Waals surface area contributed by atoms with Crippen molar-refractivity contribution in [3.8, 4) is 11.8 Å². The molecular weight excluding hydrogens is 317 g/mol. The molecule has 0 saturated heterocycles. The van der Waals surface area contributed by atoms with Gasteiger partial charge in [-0.3, -0.25) is 4.79 Å². The highest BCUT2D eigenvalue weighted by Gasteiger charge is 2.12. The standard InChI is InChI=1S/C15H18FN5O3/c1-21(2)14-18-12(19-15(20-14)24-4)8-17-13(22)9-5-6-11(23-3)10(16)7-9/h5-7H,8H2,1-4H3,(H,17,22). The highest BCUT2D eigenvalue weighted by molar-refractivity contribution is 5.94. The Balaban J connectivity index is 2.11. The maximum atomic E-state index is 13.7. The third-order valence-electron chi connectivity index (χ3n) is 3.05. The van der Waals surface area contributed by atoms with Crippen LogP contribution in [0.15, 0.2) is 18.2 Å². The molecule has 128 valence electrons. The summed E-state index contributed by atoms with van der Waals surface area (Å²) in [5.74, 6) is -0.261. The number of amides is 1. The van der Waals surface area contributed by atoms with E-state index in [9.17, 15) is 9.18 Å². The Labute approximate surface area is 138 Å². The number of ether oxygens (including phenoxy) is 2. The van der Waals surface area contributed by atoms with E-state index in [0.29, 0.717) is 11.8 Å². The molecule has 0 bridgehead atoms. The lowest BCUT2D eigenvalue weighted by Gasteiger charge is -2.12. The lowest BCUT2D eigenvalue weighted by Crippen LogP contribution is -2.25. The molecule has 8 nitrogen and oxygen atoms in total. The van der Waals surface area contributed by atoms with Gasteiger partial charge in [0.25, 0.3) is 5.91 Å². The second-order valence-corrected chi connectivity index (χ2v) is 4.96. The lowest BCUT2D eigenvalue weighted by atomic mass is 10.2. The third kappa shape index (κ3) is 4.06. The number of carbonyl (C=O) groups is 1. The molecule has 0 aliphatic carbocycles. The van der Waals surface area contributed by atoms with Gasteiger partial charge >= 0.3 is 6.01 Å². The van der Waals surface area contributed by atoms with Gasteiger partial charge in [0, 0.05) is 19.7 Å². The molecule has 0 aliphatic rings. The second kappa shape index (κ2) is 7.53. The molecule has 0 spiro atoms. The summed E-state index contributed by atoms with van der Waals surface area (Å²) in [7, 11) is 6.35. The van der Waals surface area contributed by atoms with Crippen LogP contribution in [0.3, 0.4) is 0 Å². The summed E-state index contributed by atoms with van der Waals surface area (Å²) in [6.45, 7) is 0.0478. The quantitative estimate of drug-likeness (QED) is 0.843. The van der Waals surface area contributed by atoms with Gasteiger partial charge in [-0.05, 0) is 18.2 Å². The molecule has 0 unspecified atom stereocenters. The van der Waals surface area contributed by atoms with E-state index >= 15 is 0 Å². The van der Waals surface area contributed by atoms with Crippen molar-refractivity contribution in [1.29, 1.82) is 0 Å². The van der Waals surface area contributed by atoms with Gasteiger partial charge in [0.05, 0.1) is 20.8 Å². The summed E-state index contributed by atoms with van der Waals surface area (Å²) in [5.41, 5.74) is 0.169. The van der Waals surface area contributed by atoms with E-state index in [1.165, 1.54) is 26.4 Å². The van der Waals surface area contributed by atoms with E-state index in [4.69, 9.17) is 9.47 Å². The number of nitrogens with zero attached hydrogens (tertiary/aromatic N) is 4. The van der Waals surface area contributed by atoms with Crippen molar-refractivity contribution < 1.29 is 18.7 Å². The number of methoxy groups -OCH3 is 2. The van der Waals surface area contributed by atoms with Crippen molar-refractivity contribution >= 4 is 11.9 Å². The Morgan fingerprint density at radius 3 is 2.54 bits per heavy atom. The van der Waals surface area contributed by atoms with Gasteiger partial charge in [-0.15, -0.1) is 0 Å². The van der Waals surface area contributed by atoms with Crippen LogP contribution in [0.4, 0.5) is 10.3 Å². The molecule has 9 heteroatoms. The zero-order valence-corrected chi connectivity index (χ0v) is 13.8. The smallest absolute Gasteiger partial charge is 0.321 e. The second-order valence-electron chi connectivity index (χ2n) is 4.96. The first-order chi connectivity index (χ1) is 11.4. The van der Waals surface area contributed by atoms with Crippen molar-refractivity contribution in [1.82, 2.24) is 20.3 Å². The highest BCUT2D eigenvalue weighted by atomic mass is 19.1. The minimum Gasteiger partial charge on any atom is -0.494 e. The summed E-state index contributed by atoms with van der Waals surface area (Å²) in [6.07, 6.45) is 0. The molecule has 0 saturated carbocycles. The molecule has 0 radical (unpaired) electrons. The number of benzene rings is 1. The lowest BCUT2D eigenvalue weighted by molar-refractivity contribution is 0.0949. The average molecular weight is 335 g/mol. The normalized spacial score (nSPS) is 10.2. The third-order valence-corrected chi connectivity index (χ3v) is 3.05. The molecule has 1 amide bonds. The molecular formula is C15H18FN5O3. The fourth-order valence-corrected chi connectivity index (χ4v) is 1.83. The molecule has 1 aromatic heterocycles. The van der Waals surface area contributed by atoms with E-state index in [0.717, 1.165) is 6.07 Å². The van der Waals surface area contributed by atoms with Crippen LogP contribution in [0.1, 0.15) is 16.2 Å². The fraction of sp³-hybridized carbons (Fsp3) is 0.333. The molecule has 1 aromatic carbocycles. The topological polar surface area (TPSA) is 89.5 Å². The van der Waals surface area contributed by atoms with Crippen LogP contribution >= 0.6 is 0 Å². The minimum atomic E-state index is -0.609. The van der Waals surface area contributed by atoms with Gasteiger partial charge in [-0.2, -0.15) is 15.0 Å². The SMILES string of the molecule is COc1nc(CNC(=O)c2ccc(OC)c(F)c2)nc(N(C)C)n1. The largest absolute Gasteiger partial charge is 0.494 e. The number of hydrogen-bond acceptors (Lipinski definition) is 7. The number of halogens is 1. The average Bonchev–Trinajstić information content (AvgIpc) is 2.59. The Bertz CT molecular complexity index is 739. The summed E-state index contributed by atoms with van der Waals surface area (Å²) in [4.78, 5) is 26.1. The molecule has 24 heavy (non-hydrogen) atoms. The maximum absolute atomic E-state index is 13.7. The summed E-state index contributed by atoms with van der Waals surface area (Å²) in [6, 6.07) is 4.11. The van der Waals surface area contributed by atoms with E-state index in [1.54, 1.807) is 19.0 Å². The number of anilines is 1. The van der Waals surface area contributed by atoms with Gasteiger partial charge in [0.15, 0.2) is 17.4 Å². The van der Waals surface area contributed by atoms with Crippen LogP contribution in [0.5, 0.6) is 11.8 Å². The van der Waals surface area contributed by atoms with E-state index in [1.807, 2.05) is 0 Å². The van der Waals surface area contributed by atoms with Crippen molar-refractivity contribution in [2.24, 2.45) is 0 Å². The van der Waals surface area contributed by atoms with Gasteiger partial charge in [0.1, 0.15) is 0 Å². The molecule has 0 atom stereocenters. The van der Waals surface area contributed by atoms with Gasteiger partial charge < -0.3 is 19.7 Å². The molecule has 0 fully saturated rings. The van der Waals surface area contributed by atoms with Crippen LogP contribution in [0.25, 0.3) is 0 Å². The zero-order chi connectivity index (χ0) is 17.7. The van der Waals surface area contributed by atoms with E-state index in [-0.39, 0.29) is 23.9 Å². The van der Waals surface area contributed by atoms with Gasteiger partial charge in [-0.1, -0.05) is 0 Å². The van der Waals surface area contributed by atoms with Crippen LogP contribution < -0.4 is 19.7 Å². The Kier molecular flexibility index (Phi) is 5.46. The van der Waals surface area contributed by atoms with Crippen LogP contribution in [-0.2, 0) is 6.54 Å². The molecule has 2 rings (SSSR count). The molecule has 0 aliphatic heterocycles. The van der Waals surface area contributed by atoms with Crippen molar-refractivity contribution in [2.75, 3.05) is 33.2 Å².